The van der Waals surface area contributed by atoms with Crippen LogP contribution in [-0.4, -0.2) is 0 Å². The number of rotatable bonds is 2. The van der Waals surface area contributed by atoms with E-state index in [0.717, 1.165) is 27.5 Å². The zero-order valence-electron chi connectivity index (χ0n) is 28.7. The van der Waals surface area contributed by atoms with Gasteiger partial charge in [-0.25, -0.2) is 0 Å². The molecule has 1 heteroatoms. The Morgan fingerprint density at radius 1 is 0.264 bits per heavy atom. The van der Waals surface area contributed by atoms with E-state index in [1.807, 2.05) is 0 Å². The van der Waals surface area contributed by atoms with Crippen LogP contribution < -0.4 is 0 Å². The summed E-state index contributed by atoms with van der Waals surface area (Å²) in [6.07, 6.45) is 0. The minimum absolute atomic E-state index is 0.909. The lowest BCUT2D eigenvalue weighted by atomic mass is 9.82. The fourth-order valence-electron chi connectivity index (χ4n) is 9.44. The van der Waals surface area contributed by atoms with Crippen LogP contribution >= 0.6 is 0 Å². The smallest absolute Gasteiger partial charge is 0.143 e. The van der Waals surface area contributed by atoms with Gasteiger partial charge in [0.2, 0.25) is 0 Å². The number of para-hydroxylation sites is 1. The summed E-state index contributed by atoms with van der Waals surface area (Å²) in [6.45, 7) is 0. The predicted molar refractivity (Wildman–Crippen MR) is 224 cm³/mol. The van der Waals surface area contributed by atoms with Gasteiger partial charge in [-0.3, -0.25) is 0 Å². The second-order valence-electron chi connectivity index (χ2n) is 14.3. The van der Waals surface area contributed by atoms with E-state index < -0.39 is 0 Å². The lowest BCUT2D eigenvalue weighted by Crippen LogP contribution is -1.94. The molecule has 1 aromatic heterocycles. The van der Waals surface area contributed by atoms with Crippen LogP contribution in [-0.2, 0) is 0 Å². The summed E-state index contributed by atoms with van der Waals surface area (Å²) in [4.78, 5) is 0. The number of fused-ring (bicyclic) bond motifs is 11. The van der Waals surface area contributed by atoms with E-state index >= 15 is 0 Å². The molecule has 0 saturated carbocycles. The predicted octanol–water partition coefficient (Wildman–Crippen LogP) is 14.8. The Bertz CT molecular complexity index is 3230. The fourth-order valence-corrected chi connectivity index (χ4v) is 9.44. The van der Waals surface area contributed by atoms with Crippen molar-refractivity contribution in [2.45, 2.75) is 0 Å². The van der Waals surface area contributed by atoms with Crippen molar-refractivity contribution in [1.29, 1.82) is 0 Å². The molecule has 53 heavy (non-hydrogen) atoms. The van der Waals surface area contributed by atoms with Gasteiger partial charge in [0.15, 0.2) is 0 Å². The van der Waals surface area contributed by atoms with E-state index in [1.54, 1.807) is 0 Å². The van der Waals surface area contributed by atoms with E-state index in [1.165, 1.54) is 93.2 Å². The highest BCUT2D eigenvalue weighted by molar-refractivity contribution is 6.30. The third-order valence-corrected chi connectivity index (χ3v) is 11.6. The van der Waals surface area contributed by atoms with Crippen LogP contribution in [0, 0.1) is 0 Å². The van der Waals surface area contributed by atoms with Crippen LogP contribution in [0.3, 0.4) is 0 Å². The number of hydrogen-bond acceptors (Lipinski definition) is 1. The van der Waals surface area contributed by atoms with Gasteiger partial charge < -0.3 is 4.42 Å². The molecule has 0 atom stereocenters. The number of furan rings is 1. The van der Waals surface area contributed by atoms with Gasteiger partial charge in [0.25, 0.3) is 0 Å². The topological polar surface area (TPSA) is 13.1 Å². The second kappa shape index (κ2) is 10.8. The molecule has 244 valence electrons. The highest BCUT2D eigenvalue weighted by Gasteiger charge is 2.26. The van der Waals surface area contributed by atoms with Crippen molar-refractivity contribution < 1.29 is 4.42 Å². The zero-order valence-corrected chi connectivity index (χ0v) is 28.7. The Balaban J connectivity index is 1.25. The van der Waals surface area contributed by atoms with Crippen LogP contribution in [0.15, 0.2) is 186 Å². The van der Waals surface area contributed by atoms with E-state index in [4.69, 9.17) is 4.42 Å². The summed E-state index contributed by atoms with van der Waals surface area (Å²) >= 11 is 0. The normalized spacial score (nSPS) is 12.2. The monoisotopic (exact) mass is 670 g/mol. The Morgan fingerprint density at radius 3 is 1.38 bits per heavy atom. The van der Waals surface area contributed by atoms with Gasteiger partial charge in [0.1, 0.15) is 11.2 Å². The first-order valence-corrected chi connectivity index (χ1v) is 18.4. The van der Waals surface area contributed by atoms with Crippen molar-refractivity contribution in [1.82, 2.24) is 0 Å². The Hall–Kier alpha value is -6.96. The summed E-state index contributed by atoms with van der Waals surface area (Å²) in [6, 6.07) is 66.8. The molecule has 0 spiro atoms. The summed E-state index contributed by atoms with van der Waals surface area (Å²) < 4.78 is 6.83. The van der Waals surface area contributed by atoms with Crippen LogP contribution in [0.4, 0.5) is 0 Å². The van der Waals surface area contributed by atoms with Crippen LogP contribution in [0.1, 0.15) is 0 Å². The van der Waals surface area contributed by atoms with Gasteiger partial charge in [-0.05, 0) is 99.7 Å². The lowest BCUT2D eigenvalue weighted by Gasteiger charge is -2.21. The molecule has 0 radical (unpaired) electrons. The molecule has 0 saturated heterocycles. The van der Waals surface area contributed by atoms with Gasteiger partial charge in [-0.2, -0.15) is 0 Å². The molecule has 1 aliphatic rings. The maximum Gasteiger partial charge on any atom is 0.143 e. The Morgan fingerprint density at radius 2 is 0.717 bits per heavy atom. The second-order valence-corrected chi connectivity index (χ2v) is 14.3. The molecular weight excluding hydrogens is 641 g/mol. The number of benzene rings is 10. The first-order chi connectivity index (χ1) is 26.3. The average molecular weight is 671 g/mol. The van der Waals surface area contributed by atoms with Gasteiger partial charge in [-0.1, -0.05) is 170 Å². The molecule has 1 heterocycles. The molecule has 0 N–H and O–H groups in total. The molecule has 10 aromatic carbocycles. The highest BCUT2D eigenvalue weighted by Crippen LogP contribution is 2.53. The average Bonchev–Trinajstić information content (AvgIpc) is 3.54. The van der Waals surface area contributed by atoms with Crippen molar-refractivity contribution in [3.05, 3.63) is 182 Å². The minimum Gasteiger partial charge on any atom is -0.455 e. The molecule has 11 aromatic rings. The molecular formula is C52H30O. The van der Waals surface area contributed by atoms with Gasteiger partial charge in [-0.15, -0.1) is 0 Å². The van der Waals surface area contributed by atoms with E-state index in [-0.39, 0.29) is 0 Å². The molecule has 0 amide bonds. The lowest BCUT2D eigenvalue weighted by molar-refractivity contribution is 0.670. The van der Waals surface area contributed by atoms with Crippen molar-refractivity contribution in [3.8, 4) is 55.6 Å². The first kappa shape index (κ1) is 28.7. The quantitative estimate of drug-likeness (QED) is 0.167. The van der Waals surface area contributed by atoms with Crippen molar-refractivity contribution >= 4 is 65.0 Å². The Labute approximate surface area is 306 Å². The molecule has 1 nitrogen and oxygen atoms in total. The van der Waals surface area contributed by atoms with E-state index in [0.29, 0.717) is 0 Å². The van der Waals surface area contributed by atoms with E-state index in [2.05, 4.69) is 182 Å². The van der Waals surface area contributed by atoms with Gasteiger partial charge in [0.05, 0.1) is 0 Å². The summed E-state index contributed by atoms with van der Waals surface area (Å²) in [5.41, 5.74) is 14.4. The van der Waals surface area contributed by atoms with Gasteiger partial charge >= 0.3 is 0 Å². The molecule has 0 aliphatic heterocycles. The maximum atomic E-state index is 6.83. The van der Waals surface area contributed by atoms with Crippen LogP contribution in [0.5, 0.6) is 0 Å². The van der Waals surface area contributed by atoms with Crippen molar-refractivity contribution in [2.75, 3.05) is 0 Å². The highest BCUT2D eigenvalue weighted by atomic mass is 16.3. The largest absolute Gasteiger partial charge is 0.455 e. The molecule has 0 fully saturated rings. The molecule has 0 bridgehead atoms. The summed E-state index contributed by atoms with van der Waals surface area (Å²) in [5, 5.41) is 12.1. The molecule has 0 unspecified atom stereocenters. The first-order valence-electron chi connectivity index (χ1n) is 18.4. The Kier molecular flexibility index (Phi) is 5.84. The maximum absolute atomic E-state index is 6.83. The van der Waals surface area contributed by atoms with Crippen molar-refractivity contribution in [3.63, 3.8) is 0 Å². The standard InChI is InChI=1S/C52H30O/c1-2-15-32-31(14-1)30-46-37-20-11-12-27-47(37)53-52(46)51(32)50-42-23-9-7-21-39(42)49(40-22-8-10-24-43(40)50)45-29-28-44-36-19-6-4-17-34(36)33-16-3-5-18-35(33)38-25-13-26-41(45)48(38)44/h1-30H. The third-order valence-electron chi connectivity index (χ3n) is 11.6. The van der Waals surface area contributed by atoms with E-state index in [9.17, 15) is 0 Å². The zero-order chi connectivity index (χ0) is 34.6. The third kappa shape index (κ3) is 3.91. The van der Waals surface area contributed by atoms with Crippen LogP contribution in [0.2, 0.25) is 0 Å². The number of hydrogen-bond donors (Lipinski definition) is 0. The fraction of sp³-hybridized carbons (Fsp3) is 0. The molecule has 12 rings (SSSR count). The van der Waals surface area contributed by atoms with Crippen molar-refractivity contribution in [2.24, 2.45) is 0 Å². The summed E-state index contributed by atoms with van der Waals surface area (Å²) in [5.74, 6) is 0. The molecule has 1 aliphatic carbocycles. The summed E-state index contributed by atoms with van der Waals surface area (Å²) in [7, 11) is 0. The minimum atomic E-state index is 0.909. The van der Waals surface area contributed by atoms with Crippen LogP contribution in [0.25, 0.3) is 121 Å². The SMILES string of the molecule is c1ccc2c(c1)-c1ccccc1-c1ccc(-c3c4ccccc4c(-c4c5ccccc5cc5c4oc4ccccc45)c4ccccc34)c3cccc-2c13. The van der Waals surface area contributed by atoms with Gasteiger partial charge in [0, 0.05) is 21.9 Å².